The summed E-state index contributed by atoms with van der Waals surface area (Å²) in [5.41, 5.74) is 0.499. The predicted octanol–water partition coefficient (Wildman–Crippen LogP) is 4.79. The minimum absolute atomic E-state index is 0.135. The molecule has 2 rings (SSSR count). The number of alkyl halides is 3. The number of anilines is 1. The Hall–Kier alpha value is -1.73. The summed E-state index contributed by atoms with van der Waals surface area (Å²) >= 11 is 23.8. The van der Waals surface area contributed by atoms with E-state index in [0.717, 1.165) is 0 Å². The molecule has 0 aliphatic heterocycles. The van der Waals surface area contributed by atoms with Gasteiger partial charge in [-0.05, 0) is 24.3 Å². The van der Waals surface area contributed by atoms with Gasteiger partial charge in [0.15, 0.2) is 0 Å². The van der Waals surface area contributed by atoms with Crippen molar-refractivity contribution in [2.24, 2.45) is 0 Å². The number of nitro benzene ring substituents is 1. The molecule has 0 saturated heterocycles. The van der Waals surface area contributed by atoms with Gasteiger partial charge in [0.2, 0.25) is 3.79 Å². The van der Waals surface area contributed by atoms with Crippen molar-refractivity contribution >= 4 is 63.7 Å². The Morgan fingerprint density at radius 3 is 2.20 bits per heavy atom. The zero-order chi connectivity index (χ0) is 18.6. The molecule has 0 fully saturated rings. The number of carbonyl (C=O) groups excluding carboxylic acids is 1. The second kappa shape index (κ2) is 8.10. The second-order valence-corrected chi connectivity index (χ2v) is 7.65. The maximum Gasteiger partial charge on any atom is 0.269 e. The van der Waals surface area contributed by atoms with Crippen molar-refractivity contribution in [3.63, 3.8) is 0 Å². The van der Waals surface area contributed by atoms with Gasteiger partial charge < -0.3 is 10.6 Å². The van der Waals surface area contributed by atoms with Crippen LogP contribution in [0.4, 0.5) is 11.4 Å². The average molecular weight is 423 g/mol. The third-order valence-electron chi connectivity index (χ3n) is 3.12. The lowest BCUT2D eigenvalue weighted by Gasteiger charge is -2.27. The molecular weight excluding hydrogens is 412 g/mol. The number of benzene rings is 2. The smallest absolute Gasteiger partial charge is 0.269 e. The molecule has 0 spiro atoms. The molecule has 0 radical (unpaired) electrons. The van der Waals surface area contributed by atoms with Gasteiger partial charge in [0, 0.05) is 17.7 Å². The van der Waals surface area contributed by atoms with Gasteiger partial charge >= 0.3 is 0 Å². The first-order valence-electron chi connectivity index (χ1n) is 6.81. The molecule has 132 valence electrons. The van der Waals surface area contributed by atoms with Gasteiger partial charge in [0.1, 0.15) is 6.17 Å². The third kappa shape index (κ3) is 5.37. The van der Waals surface area contributed by atoms with Crippen molar-refractivity contribution in [3.05, 3.63) is 69.2 Å². The number of hydrogen-bond donors (Lipinski definition) is 2. The van der Waals surface area contributed by atoms with Crippen molar-refractivity contribution in [1.29, 1.82) is 0 Å². The minimum Gasteiger partial charge on any atom is -0.361 e. The zero-order valence-electron chi connectivity index (χ0n) is 12.4. The molecule has 25 heavy (non-hydrogen) atoms. The number of amides is 1. The van der Waals surface area contributed by atoms with Gasteiger partial charge in [-0.2, -0.15) is 0 Å². The summed E-state index contributed by atoms with van der Waals surface area (Å²) in [5, 5.41) is 16.4. The summed E-state index contributed by atoms with van der Waals surface area (Å²) in [4.78, 5) is 22.4. The van der Waals surface area contributed by atoms with E-state index >= 15 is 0 Å². The Morgan fingerprint density at radius 2 is 1.68 bits per heavy atom. The van der Waals surface area contributed by atoms with E-state index in [1.807, 2.05) is 0 Å². The fraction of sp³-hybridized carbons (Fsp3) is 0.133. The van der Waals surface area contributed by atoms with E-state index in [-0.39, 0.29) is 11.3 Å². The van der Waals surface area contributed by atoms with Crippen LogP contribution in [0.5, 0.6) is 0 Å². The molecule has 0 aromatic heterocycles. The number of para-hydroxylation sites is 1. The molecule has 2 aromatic rings. The number of nitrogens with zero attached hydrogens (tertiary/aromatic N) is 1. The summed E-state index contributed by atoms with van der Waals surface area (Å²) < 4.78 is -1.88. The number of nitro groups is 1. The van der Waals surface area contributed by atoms with Crippen LogP contribution in [-0.2, 0) is 0 Å². The van der Waals surface area contributed by atoms with E-state index in [0.29, 0.717) is 10.7 Å². The van der Waals surface area contributed by atoms with Crippen LogP contribution < -0.4 is 10.6 Å². The Balaban J connectivity index is 2.18. The highest BCUT2D eigenvalue weighted by molar-refractivity contribution is 6.68. The van der Waals surface area contributed by atoms with Crippen LogP contribution in [0.1, 0.15) is 10.4 Å². The molecule has 0 aliphatic rings. The molecule has 0 aliphatic carbocycles. The minimum atomic E-state index is -1.88. The van der Waals surface area contributed by atoms with Crippen molar-refractivity contribution in [3.8, 4) is 0 Å². The Labute approximate surface area is 163 Å². The number of hydrogen-bond acceptors (Lipinski definition) is 4. The first kappa shape index (κ1) is 19.6. The van der Waals surface area contributed by atoms with Crippen LogP contribution in [0.25, 0.3) is 0 Å². The molecule has 0 bridgehead atoms. The van der Waals surface area contributed by atoms with Crippen LogP contribution in [0.15, 0.2) is 48.5 Å². The van der Waals surface area contributed by atoms with Crippen LogP contribution in [-0.4, -0.2) is 20.8 Å². The third-order valence-corrected chi connectivity index (χ3v) is 4.10. The van der Waals surface area contributed by atoms with Gasteiger partial charge in [-0.25, -0.2) is 0 Å². The molecule has 2 aromatic carbocycles. The van der Waals surface area contributed by atoms with Crippen molar-refractivity contribution in [2.75, 3.05) is 5.32 Å². The van der Waals surface area contributed by atoms with Crippen LogP contribution in [0, 0.1) is 10.1 Å². The number of rotatable bonds is 5. The zero-order valence-corrected chi connectivity index (χ0v) is 15.4. The van der Waals surface area contributed by atoms with E-state index in [2.05, 4.69) is 10.6 Å². The number of carbonyl (C=O) groups is 1. The maximum atomic E-state index is 12.3. The van der Waals surface area contributed by atoms with Crippen molar-refractivity contribution in [1.82, 2.24) is 5.32 Å². The van der Waals surface area contributed by atoms with Gasteiger partial charge in [0.25, 0.3) is 11.6 Å². The van der Waals surface area contributed by atoms with E-state index < -0.39 is 20.8 Å². The molecule has 6 nitrogen and oxygen atoms in total. The topological polar surface area (TPSA) is 84.3 Å². The molecule has 1 amide bonds. The van der Waals surface area contributed by atoms with E-state index in [4.69, 9.17) is 46.4 Å². The second-order valence-electron chi connectivity index (χ2n) is 4.88. The standard InChI is InChI=1S/C15H11Cl4N3O3/c16-11-3-1-2-4-12(11)20-14(15(17,18)19)21-13(23)9-5-7-10(8-6-9)22(24)25/h1-8,14,20H,(H,21,23)/t14-/m1/s1. The molecular formula is C15H11Cl4N3O3. The van der Waals surface area contributed by atoms with Crippen LogP contribution >= 0.6 is 46.4 Å². The van der Waals surface area contributed by atoms with Crippen LogP contribution in [0.3, 0.4) is 0 Å². The largest absolute Gasteiger partial charge is 0.361 e. The Bertz CT molecular complexity index is 778. The monoisotopic (exact) mass is 421 g/mol. The first-order valence-corrected chi connectivity index (χ1v) is 8.33. The van der Waals surface area contributed by atoms with E-state index in [1.54, 1.807) is 24.3 Å². The average Bonchev–Trinajstić information content (AvgIpc) is 2.55. The number of nitrogens with one attached hydrogen (secondary N) is 2. The summed E-state index contributed by atoms with van der Waals surface area (Å²) in [5.74, 6) is -0.578. The normalized spacial score (nSPS) is 12.3. The van der Waals surface area contributed by atoms with Gasteiger partial charge in [-0.1, -0.05) is 58.5 Å². The van der Waals surface area contributed by atoms with Gasteiger partial charge in [0.05, 0.1) is 15.6 Å². The SMILES string of the molecule is O=C(N[C@@H](Nc1ccccc1Cl)C(Cl)(Cl)Cl)c1ccc([N+](=O)[O-])cc1. The quantitative estimate of drug-likeness (QED) is 0.314. The maximum absolute atomic E-state index is 12.3. The fourth-order valence-corrected chi connectivity index (χ4v) is 2.40. The molecule has 2 N–H and O–H groups in total. The molecule has 1 atom stereocenters. The molecule has 0 unspecified atom stereocenters. The number of non-ortho nitro benzene ring substituents is 1. The lowest BCUT2D eigenvalue weighted by molar-refractivity contribution is -0.384. The van der Waals surface area contributed by atoms with Crippen molar-refractivity contribution < 1.29 is 9.72 Å². The van der Waals surface area contributed by atoms with Gasteiger partial charge in [-0.15, -0.1) is 0 Å². The van der Waals surface area contributed by atoms with Gasteiger partial charge in [-0.3, -0.25) is 14.9 Å². The first-order chi connectivity index (χ1) is 11.7. The highest BCUT2D eigenvalue weighted by Crippen LogP contribution is 2.33. The summed E-state index contributed by atoms with van der Waals surface area (Å²) in [6.45, 7) is 0. The van der Waals surface area contributed by atoms with E-state index in [1.165, 1.54) is 24.3 Å². The molecule has 0 saturated carbocycles. The molecule has 10 heteroatoms. The Morgan fingerprint density at radius 1 is 1.08 bits per heavy atom. The van der Waals surface area contributed by atoms with E-state index in [9.17, 15) is 14.9 Å². The summed E-state index contributed by atoms with van der Waals surface area (Å²) in [7, 11) is 0. The van der Waals surface area contributed by atoms with Crippen LogP contribution in [0.2, 0.25) is 5.02 Å². The summed E-state index contributed by atoms with van der Waals surface area (Å²) in [6.07, 6.45) is -1.10. The summed E-state index contributed by atoms with van der Waals surface area (Å²) in [6, 6.07) is 11.8. The Kier molecular flexibility index (Phi) is 6.35. The predicted molar refractivity (Wildman–Crippen MR) is 99.7 cm³/mol. The van der Waals surface area contributed by atoms with Crippen molar-refractivity contribution in [2.45, 2.75) is 9.96 Å². The fourth-order valence-electron chi connectivity index (χ4n) is 1.88. The highest BCUT2D eigenvalue weighted by Gasteiger charge is 2.34. The lowest BCUT2D eigenvalue weighted by atomic mass is 10.2. The highest BCUT2D eigenvalue weighted by atomic mass is 35.6. The lowest BCUT2D eigenvalue weighted by Crippen LogP contribution is -2.49. The number of halogens is 4. The molecule has 0 heterocycles.